The molecule has 8 heteroatoms. The van der Waals surface area contributed by atoms with Gasteiger partial charge in [0.2, 0.25) is 0 Å². The molecule has 0 radical (unpaired) electrons. The molecular weight excluding hydrogens is 347 g/mol. The molecule has 1 unspecified atom stereocenters. The van der Waals surface area contributed by atoms with Gasteiger partial charge in [0.15, 0.2) is 5.65 Å². The van der Waals surface area contributed by atoms with Crippen LogP contribution in [0.25, 0.3) is 16.8 Å². The van der Waals surface area contributed by atoms with Crippen LogP contribution in [0, 0.1) is 5.82 Å². The van der Waals surface area contributed by atoms with Gasteiger partial charge in [-0.25, -0.2) is 13.9 Å². The molecule has 2 aliphatic rings. The molecule has 140 valence electrons. The van der Waals surface area contributed by atoms with E-state index in [0.717, 1.165) is 38.5 Å². The Kier molecular flexibility index (Phi) is 4.14. The SMILES string of the molecule is Fc1ccc2cc1-c1cnn3ccc(nc13)NCCN1CCNCC1CO2. The number of benzene rings is 1. The van der Waals surface area contributed by atoms with E-state index in [9.17, 15) is 4.39 Å². The highest BCUT2D eigenvalue weighted by molar-refractivity contribution is 5.78. The number of piperazine rings is 1. The van der Waals surface area contributed by atoms with E-state index in [-0.39, 0.29) is 11.9 Å². The first-order valence-corrected chi connectivity index (χ1v) is 9.24. The third kappa shape index (κ3) is 3.11. The van der Waals surface area contributed by atoms with Gasteiger partial charge in [-0.2, -0.15) is 5.10 Å². The van der Waals surface area contributed by atoms with Gasteiger partial charge in [0.25, 0.3) is 0 Å². The van der Waals surface area contributed by atoms with E-state index in [4.69, 9.17) is 4.74 Å². The fourth-order valence-corrected chi connectivity index (χ4v) is 3.74. The lowest BCUT2D eigenvalue weighted by Gasteiger charge is -2.36. The molecule has 2 N–H and O–H groups in total. The fourth-order valence-electron chi connectivity index (χ4n) is 3.74. The Morgan fingerprint density at radius 3 is 3.04 bits per heavy atom. The lowest BCUT2D eigenvalue weighted by atomic mass is 10.1. The summed E-state index contributed by atoms with van der Waals surface area (Å²) in [4.78, 5) is 7.07. The van der Waals surface area contributed by atoms with E-state index in [1.54, 1.807) is 22.8 Å². The lowest BCUT2D eigenvalue weighted by molar-refractivity contribution is 0.115. The minimum atomic E-state index is -0.314. The molecular formula is C19H21FN6O. The van der Waals surface area contributed by atoms with Gasteiger partial charge < -0.3 is 15.4 Å². The normalized spacial score (nSPS) is 20.6. The van der Waals surface area contributed by atoms with Crippen LogP contribution in [0.5, 0.6) is 5.75 Å². The van der Waals surface area contributed by atoms with E-state index < -0.39 is 0 Å². The summed E-state index contributed by atoms with van der Waals surface area (Å²) >= 11 is 0. The second kappa shape index (κ2) is 6.79. The molecule has 4 bridgehead atoms. The van der Waals surface area contributed by atoms with Crippen molar-refractivity contribution in [1.29, 1.82) is 0 Å². The van der Waals surface area contributed by atoms with E-state index in [1.165, 1.54) is 6.07 Å². The second-order valence-electron chi connectivity index (χ2n) is 6.91. The van der Waals surface area contributed by atoms with Crippen molar-refractivity contribution in [1.82, 2.24) is 24.8 Å². The number of halogens is 1. The largest absolute Gasteiger partial charge is 0.492 e. The molecule has 1 fully saturated rings. The summed E-state index contributed by atoms with van der Waals surface area (Å²) < 4.78 is 22.2. The molecule has 5 rings (SSSR count). The molecule has 3 aromatic rings. The molecule has 0 saturated carbocycles. The van der Waals surface area contributed by atoms with Crippen molar-refractivity contribution in [2.24, 2.45) is 0 Å². The summed E-state index contributed by atoms with van der Waals surface area (Å²) in [5.74, 6) is 1.11. The summed E-state index contributed by atoms with van der Waals surface area (Å²) in [5.41, 5.74) is 1.72. The first-order valence-electron chi connectivity index (χ1n) is 9.24. The van der Waals surface area contributed by atoms with Gasteiger partial charge in [0.05, 0.1) is 12.2 Å². The molecule has 0 spiro atoms. The highest BCUT2D eigenvalue weighted by atomic mass is 19.1. The van der Waals surface area contributed by atoms with Gasteiger partial charge in [-0.05, 0) is 24.3 Å². The molecule has 1 saturated heterocycles. The van der Waals surface area contributed by atoms with E-state index >= 15 is 0 Å². The van der Waals surface area contributed by atoms with Crippen LogP contribution in [0.15, 0.2) is 36.7 Å². The van der Waals surface area contributed by atoms with Crippen molar-refractivity contribution in [3.8, 4) is 16.9 Å². The zero-order valence-corrected chi connectivity index (χ0v) is 14.9. The number of hydrogen-bond acceptors (Lipinski definition) is 6. The van der Waals surface area contributed by atoms with Crippen molar-refractivity contribution in [3.05, 3.63) is 42.5 Å². The maximum absolute atomic E-state index is 14.6. The van der Waals surface area contributed by atoms with Crippen LogP contribution in [0.1, 0.15) is 0 Å². The fraction of sp³-hybridized carbons (Fsp3) is 0.368. The Balaban J connectivity index is 1.59. The van der Waals surface area contributed by atoms with Crippen molar-refractivity contribution < 1.29 is 9.13 Å². The molecule has 27 heavy (non-hydrogen) atoms. The number of anilines is 1. The monoisotopic (exact) mass is 368 g/mol. The highest BCUT2D eigenvalue weighted by Gasteiger charge is 2.23. The number of aromatic nitrogens is 3. The standard InChI is InChI=1S/C19H21FN6O/c20-17-2-1-14-9-15(17)16-11-23-26-6-3-18(24-19(16)26)22-5-8-25-7-4-21-10-13(25)12-27-14/h1-3,6,9,11,13,21H,4-5,7-8,10,12H2,(H,22,24). The van der Waals surface area contributed by atoms with Crippen LogP contribution in [0.4, 0.5) is 10.2 Å². The Hall–Kier alpha value is -2.71. The van der Waals surface area contributed by atoms with Crippen LogP contribution >= 0.6 is 0 Å². The molecule has 2 aliphatic heterocycles. The smallest absolute Gasteiger partial charge is 0.165 e. The topological polar surface area (TPSA) is 66.7 Å². The zero-order chi connectivity index (χ0) is 18.2. The molecule has 1 aromatic carbocycles. The van der Waals surface area contributed by atoms with Crippen LogP contribution in [-0.2, 0) is 0 Å². The maximum atomic E-state index is 14.6. The maximum Gasteiger partial charge on any atom is 0.165 e. The first-order chi connectivity index (χ1) is 13.3. The molecule has 7 nitrogen and oxygen atoms in total. The Bertz CT molecular complexity index is 974. The lowest BCUT2D eigenvalue weighted by Crippen LogP contribution is -2.54. The van der Waals surface area contributed by atoms with Crippen LogP contribution in [-0.4, -0.2) is 64.9 Å². The van der Waals surface area contributed by atoms with Crippen LogP contribution in [0.3, 0.4) is 0 Å². The number of nitrogens with zero attached hydrogens (tertiary/aromatic N) is 4. The van der Waals surface area contributed by atoms with Gasteiger partial charge in [0, 0.05) is 50.0 Å². The van der Waals surface area contributed by atoms with Gasteiger partial charge in [-0.15, -0.1) is 0 Å². The van der Waals surface area contributed by atoms with Gasteiger partial charge in [0.1, 0.15) is 24.0 Å². The zero-order valence-electron chi connectivity index (χ0n) is 14.9. The molecule has 4 heterocycles. The van der Waals surface area contributed by atoms with Crippen LogP contribution in [0.2, 0.25) is 0 Å². The number of nitrogens with one attached hydrogen (secondary N) is 2. The number of rotatable bonds is 0. The van der Waals surface area contributed by atoms with Crippen LogP contribution < -0.4 is 15.4 Å². The minimum absolute atomic E-state index is 0.277. The van der Waals surface area contributed by atoms with Crippen molar-refractivity contribution in [2.45, 2.75) is 6.04 Å². The molecule has 0 aliphatic carbocycles. The van der Waals surface area contributed by atoms with Gasteiger partial charge in [-0.1, -0.05) is 0 Å². The Morgan fingerprint density at radius 2 is 2.07 bits per heavy atom. The molecule has 2 aromatic heterocycles. The van der Waals surface area contributed by atoms with E-state index in [2.05, 4.69) is 25.6 Å². The summed E-state index contributed by atoms with van der Waals surface area (Å²) in [6.45, 7) is 5.08. The number of ether oxygens (including phenoxy) is 1. The van der Waals surface area contributed by atoms with Crippen molar-refractivity contribution >= 4 is 11.5 Å². The number of hydrogen-bond donors (Lipinski definition) is 2. The van der Waals surface area contributed by atoms with Crippen molar-refractivity contribution in [2.75, 3.05) is 44.6 Å². The minimum Gasteiger partial charge on any atom is -0.492 e. The average Bonchev–Trinajstić information content (AvgIpc) is 3.11. The third-order valence-corrected chi connectivity index (χ3v) is 5.22. The van der Waals surface area contributed by atoms with E-state index in [1.807, 2.05) is 12.3 Å². The van der Waals surface area contributed by atoms with E-state index in [0.29, 0.717) is 29.1 Å². The van der Waals surface area contributed by atoms with Gasteiger partial charge in [-0.3, -0.25) is 4.90 Å². The average molecular weight is 368 g/mol. The second-order valence-corrected chi connectivity index (χ2v) is 6.91. The highest BCUT2D eigenvalue weighted by Crippen LogP contribution is 2.30. The predicted molar refractivity (Wildman–Crippen MR) is 101 cm³/mol. The Labute approximate surface area is 156 Å². The van der Waals surface area contributed by atoms with Crippen molar-refractivity contribution in [3.63, 3.8) is 0 Å². The number of fused-ring (bicyclic) bond motifs is 5. The summed E-state index contributed by atoms with van der Waals surface area (Å²) in [5, 5.41) is 11.1. The quantitative estimate of drug-likeness (QED) is 0.629. The summed E-state index contributed by atoms with van der Waals surface area (Å²) in [6, 6.07) is 7.02. The summed E-state index contributed by atoms with van der Waals surface area (Å²) in [6.07, 6.45) is 3.48. The Morgan fingerprint density at radius 1 is 1.15 bits per heavy atom. The third-order valence-electron chi connectivity index (χ3n) is 5.22. The van der Waals surface area contributed by atoms with Gasteiger partial charge >= 0.3 is 0 Å². The first kappa shape index (κ1) is 16.5. The molecule has 1 atom stereocenters. The molecule has 0 amide bonds. The summed E-state index contributed by atoms with van der Waals surface area (Å²) in [7, 11) is 0. The predicted octanol–water partition coefficient (Wildman–Crippen LogP) is 1.61.